The van der Waals surface area contributed by atoms with E-state index in [0.29, 0.717) is 5.69 Å². The topological polar surface area (TPSA) is 67.2 Å². The second kappa shape index (κ2) is 5.60. The van der Waals surface area contributed by atoms with E-state index in [1.807, 2.05) is 32.8 Å². The minimum absolute atomic E-state index is 0.243. The van der Waals surface area contributed by atoms with Crippen LogP contribution in [0.5, 0.6) is 0 Å². The molecule has 110 valence electrons. The lowest BCUT2D eigenvalue weighted by molar-refractivity contribution is 0.327. The summed E-state index contributed by atoms with van der Waals surface area (Å²) in [5.74, 6) is 0. The van der Waals surface area contributed by atoms with Gasteiger partial charge in [-0.1, -0.05) is 0 Å². The molecule has 0 fully saturated rings. The Morgan fingerprint density at radius 3 is 2.42 bits per heavy atom. The van der Waals surface area contributed by atoms with E-state index < -0.39 is 15.6 Å². The number of hydrogen-bond acceptors (Lipinski definition) is 4. The predicted molar refractivity (Wildman–Crippen MR) is 75.5 cm³/mol. The Morgan fingerprint density at radius 1 is 1.42 bits per heavy atom. The van der Waals surface area contributed by atoms with Crippen molar-refractivity contribution < 1.29 is 8.42 Å². The van der Waals surface area contributed by atoms with Gasteiger partial charge in [-0.05, 0) is 47.8 Å². The average molecular weight is 288 g/mol. The van der Waals surface area contributed by atoms with Crippen LogP contribution in [0, 0.1) is 6.92 Å². The summed E-state index contributed by atoms with van der Waals surface area (Å²) in [7, 11) is 2.14. The molecule has 7 heteroatoms. The maximum Gasteiger partial charge on any atom is 0.244 e. The molecule has 1 aromatic heterocycles. The molecule has 0 saturated heterocycles. The zero-order valence-corrected chi connectivity index (χ0v) is 13.4. The van der Waals surface area contributed by atoms with Crippen LogP contribution < -0.4 is 4.72 Å². The van der Waals surface area contributed by atoms with Crippen LogP contribution in [-0.2, 0) is 17.1 Å². The Morgan fingerprint density at radius 2 is 2.00 bits per heavy atom. The standard InChI is InChI=1S/C12H24N4O2S/c1-10-11(9-13-16(10)6)19(17,18)14-12(2,3)7-8-15(4)5/h9,14H,7-8H2,1-6H3. The highest BCUT2D eigenvalue weighted by Gasteiger charge is 2.28. The Bertz CT molecular complexity index is 532. The molecular formula is C12H24N4O2S. The van der Waals surface area contributed by atoms with Gasteiger partial charge in [0, 0.05) is 12.6 Å². The molecule has 19 heavy (non-hydrogen) atoms. The largest absolute Gasteiger partial charge is 0.309 e. The fourth-order valence-electron chi connectivity index (χ4n) is 1.72. The first-order valence-corrected chi connectivity index (χ1v) is 7.71. The summed E-state index contributed by atoms with van der Waals surface area (Å²) in [4.78, 5) is 2.28. The summed E-state index contributed by atoms with van der Waals surface area (Å²) in [5, 5.41) is 3.98. The molecule has 0 aromatic carbocycles. The number of hydrogen-bond donors (Lipinski definition) is 1. The monoisotopic (exact) mass is 288 g/mol. The molecule has 0 amide bonds. The second-order valence-corrected chi connectivity index (χ2v) is 7.41. The van der Waals surface area contributed by atoms with Crippen LogP contribution in [-0.4, -0.2) is 49.3 Å². The molecule has 0 atom stereocenters. The number of aromatic nitrogens is 2. The highest BCUT2D eigenvalue weighted by atomic mass is 32.2. The van der Waals surface area contributed by atoms with Crippen LogP contribution in [0.1, 0.15) is 26.0 Å². The highest BCUT2D eigenvalue weighted by molar-refractivity contribution is 7.89. The quantitative estimate of drug-likeness (QED) is 0.838. The summed E-state index contributed by atoms with van der Waals surface area (Å²) in [6.45, 7) is 6.34. The zero-order chi connectivity index (χ0) is 14.8. The van der Waals surface area contributed by atoms with Gasteiger partial charge in [-0.25, -0.2) is 13.1 Å². The van der Waals surface area contributed by atoms with Crippen molar-refractivity contribution in [1.29, 1.82) is 0 Å². The Kier molecular flexibility index (Phi) is 4.76. The van der Waals surface area contributed by atoms with Crippen LogP contribution in [0.15, 0.2) is 11.1 Å². The second-order valence-electron chi connectivity index (χ2n) is 5.76. The third-order valence-electron chi connectivity index (χ3n) is 3.07. The van der Waals surface area contributed by atoms with E-state index in [2.05, 4.69) is 9.82 Å². The minimum Gasteiger partial charge on any atom is -0.309 e. The zero-order valence-electron chi connectivity index (χ0n) is 12.6. The van der Waals surface area contributed by atoms with Gasteiger partial charge >= 0.3 is 0 Å². The van der Waals surface area contributed by atoms with E-state index in [9.17, 15) is 8.42 Å². The van der Waals surface area contributed by atoms with Gasteiger partial charge in [0.05, 0.1) is 11.9 Å². The first-order chi connectivity index (χ1) is 8.55. The summed E-state index contributed by atoms with van der Waals surface area (Å²) >= 11 is 0. The van der Waals surface area contributed by atoms with Gasteiger partial charge in [-0.3, -0.25) is 4.68 Å². The molecule has 0 aliphatic rings. The van der Waals surface area contributed by atoms with Gasteiger partial charge in [-0.2, -0.15) is 5.10 Å². The Balaban J connectivity index is 2.88. The van der Waals surface area contributed by atoms with E-state index in [4.69, 9.17) is 0 Å². The number of nitrogens with one attached hydrogen (secondary N) is 1. The molecule has 0 saturated carbocycles. The normalized spacial score (nSPS) is 13.2. The predicted octanol–water partition coefficient (Wildman–Crippen LogP) is 0.737. The third-order valence-corrected chi connectivity index (χ3v) is 4.88. The average Bonchev–Trinajstić information content (AvgIpc) is 2.56. The lowest BCUT2D eigenvalue weighted by Gasteiger charge is -2.27. The van der Waals surface area contributed by atoms with Gasteiger partial charge in [0.15, 0.2) is 0 Å². The molecule has 0 spiro atoms. The maximum absolute atomic E-state index is 12.3. The number of sulfonamides is 1. The Labute approximate surface area is 115 Å². The van der Waals surface area contributed by atoms with Gasteiger partial charge in [0.2, 0.25) is 10.0 Å². The SMILES string of the molecule is Cc1c(S(=O)(=O)NC(C)(C)CCN(C)C)cnn1C. The molecule has 0 bridgehead atoms. The molecule has 0 aliphatic heterocycles. The van der Waals surface area contributed by atoms with Crippen LogP contribution >= 0.6 is 0 Å². The third kappa shape index (κ3) is 4.29. The molecule has 0 radical (unpaired) electrons. The molecule has 6 nitrogen and oxygen atoms in total. The van der Waals surface area contributed by atoms with Crippen molar-refractivity contribution in [2.45, 2.75) is 37.6 Å². The molecule has 0 unspecified atom stereocenters. The summed E-state index contributed by atoms with van der Waals surface area (Å²) in [5.41, 5.74) is 0.140. The van der Waals surface area contributed by atoms with Crippen molar-refractivity contribution in [3.05, 3.63) is 11.9 Å². The van der Waals surface area contributed by atoms with Gasteiger partial charge in [-0.15, -0.1) is 0 Å². The maximum atomic E-state index is 12.3. The van der Waals surface area contributed by atoms with E-state index in [0.717, 1.165) is 13.0 Å². The number of nitrogens with zero attached hydrogens (tertiary/aromatic N) is 3. The summed E-state index contributed by atoms with van der Waals surface area (Å²) in [6.07, 6.45) is 2.12. The first-order valence-electron chi connectivity index (χ1n) is 6.22. The molecule has 1 aromatic rings. The van der Waals surface area contributed by atoms with Crippen molar-refractivity contribution in [1.82, 2.24) is 19.4 Å². The van der Waals surface area contributed by atoms with E-state index in [-0.39, 0.29) is 4.90 Å². The van der Waals surface area contributed by atoms with Crippen molar-refractivity contribution >= 4 is 10.0 Å². The molecule has 1 rings (SSSR count). The highest BCUT2D eigenvalue weighted by Crippen LogP contribution is 2.18. The summed E-state index contributed by atoms with van der Waals surface area (Å²) in [6, 6.07) is 0. The first kappa shape index (κ1) is 16.1. The van der Waals surface area contributed by atoms with Crippen LogP contribution in [0.25, 0.3) is 0 Å². The van der Waals surface area contributed by atoms with Crippen molar-refractivity contribution in [2.75, 3.05) is 20.6 Å². The van der Waals surface area contributed by atoms with Gasteiger partial charge in [0.1, 0.15) is 4.90 Å². The lowest BCUT2D eigenvalue weighted by atomic mass is 10.0. The smallest absolute Gasteiger partial charge is 0.244 e. The molecule has 1 N–H and O–H groups in total. The van der Waals surface area contributed by atoms with Gasteiger partial charge in [0.25, 0.3) is 0 Å². The van der Waals surface area contributed by atoms with Crippen molar-refractivity contribution in [3.63, 3.8) is 0 Å². The fourth-order valence-corrected chi connectivity index (χ4v) is 3.36. The minimum atomic E-state index is -3.53. The molecular weight excluding hydrogens is 264 g/mol. The van der Waals surface area contributed by atoms with Gasteiger partial charge < -0.3 is 4.90 Å². The number of aryl methyl sites for hydroxylation is 1. The lowest BCUT2D eigenvalue weighted by Crippen LogP contribution is -2.45. The van der Waals surface area contributed by atoms with E-state index in [1.54, 1.807) is 18.7 Å². The molecule has 0 aliphatic carbocycles. The van der Waals surface area contributed by atoms with E-state index >= 15 is 0 Å². The van der Waals surface area contributed by atoms with E-state index in [1.165, 1.54) is 6.20 Å². The van der Waals surface area contributed by atoms with Crippen LogP contribution in [0.3, 0.4) is 0 Å². The summed E-state index contributed by atoms with van der Waals surface area (Å²) < 4.78 is 29.0. The van der Waals surface area contributed by atoms with Crippen LogP contribution in [0.4, 0.5) is 0 Å². The van der Waals surface area contributed by atoms with Crippen LogP contribution in [0.2, 0.25) is 0 Å². The van der Waals surface area contributed by atoms with Crippen molar-refractivity contribution in [2.24, 2.45) is 7.05 Å². The molecule has 1 heterocycles. The fraction of sp³-hybridized carbons (Fsp3) is 0.750. The Hall–Kier alpha value is -0.920. The number of rotatable bonds is 6. The van der Waals surface area contributed by atoms with Crippen molar-refractivity contribution in [3.8, 4) is 0 Å².